The molecule has 4 N–H and O–H groups in total. The van der Waals surface area contributed by atoms with Crippen molar-refractivity contribution in [3.8, 4) is 0 Å². The number of amides is 1. The number of hydrogen-bond donors (Lipinski definition) is 3. The van der Waals surface area contributed by atoms with Crippen LogP contribution in [-0.2, 0) is 13.0 Å². The van der Waals surface area contributed by atoms with E-state index in [9.17, 15) is 4.79 Å². The van der Waals surface area contributed by atoms with Gasteiger partial charge in [0.1, 0.15) is 0 Å². The highest BCUT2D eigenvalue weighted by atomic mass is 16.1. The molecule has 1 aliphatic heterocycles. The minimum Gasteiger partial charge on any atom is -0.385 e. The second kappa shape index (κ2) is 5.87. The van der Waals surface area contributed by atoms with Gasteiger partial charge < -0.3 is 16.4 Å². The number of primary amides is 1. The van der Waals surface area contributed by atoms with Crippen LogP contribution in [0.2, 0.25) is 0 Å². The van der Waals surface area contributed by atoms with Crippen molar-refractivity contribution in [1.29, 1.82) is 0 Å². The van der Waals surface area contributed by atoms with E-state index in [1.807, 2.05) is 12.1 Å². The van der Waals surface area contributed by atoms with Gasteiger partial charge in [0.2, 0.25) is 5.91 Å². The average molecular weight is 281 g/mol. The maximum atomic E-state index is 11.0. The number of aryl methyl sites for hydroxylation is 1. The van der Waals surface area contributed by atoms with Crippen LogP contribution in [0.3, 0.4) is 0 Å². The monoisotopic (exact) mass is 281 g/mol. The molecule has 1 heterocycles. The van der Waals surface area contributed by atoms with E-state index in [2.05, 4.69) is 28.8 Å². The Morgan fingerprint density at radius 3 is 2.76 bits per heavy atom. The fraction of sp³-hybridized carbons (Fsp3) is 0.235. The maximum absolute atomic E-state index is 11.0. The van der Waals surface area contributed by atoms with Crippen LogP contribution in [-0.4, -0.2) is 12.5 Å². The average Bonchev–Trinajstić information content (AvgIpc) is 2.53. The molecule has 0 saturated heterocycles. The Hall–Kier alpha value is -2.49. The lowest BCUT2D eigenvalue weighted by Gasteiger charge is -2.21. The molecule has 1 aliphatic rings. The van der Waals surface area contributed by atoms with Crippen LogP contribution in [0.25, 0.3) is 0 Å². The van der Waals surface area contributed by atoms with Gasteiger partial charge in [-0.15, -0.1) is 0 Å². The Kier molecular flexibility index (Phi) is 3.77. The zero-order valence-electron chi connectivity index (χ0n) is 11.9. The Balaban J connectivity index is 1.71. The predicted molar refractivity (Wildman–Crippen MR) is 85.5 cm³/mol. The summed E-state index contributed by atoms with van der Waals surface area (Å²) >= 11 is 0. The third-order valence-electron chi connectivity index (χ3n) is 3.81. The number of rotatable bonds is 4. The summed E-state index contributed by atoms with van der Waals surface area (Å²) in [4.78, 5) is 11.0. The summed E-state index contributed by atoms with van der Waals surface area (Å²) in [5.74, 6) is -0.400. The van der Waals surface area contributed by atoms with E-state index in [1.54, 1.807) is 12.1 Å². The smallest absolute Gasteiger partial charge is 0.248 e. The summed E-state index contributed by atoms with van der Waals surface area (Å²) in [6.07, 6.45) is 2.34. The first-order valence-electron chi connectivity index (χ1n) is 7.22. The van der Waals surface area contributed by atoms with Gasteiger partial charge in [-0.25, -0.2) is 0 Å². The minimum atomic E-state index is -0.400. The second-order valence-electron chi connectivity index (χ2n) is 5.28. The van der Waals surface area contributed by atoms with E-state index in [4.69, 9.17) is 5.73 Å². The van der Waals surface area contributed by atoms with Gasteiger partial charge in [-0.2, -0.15) is 0 Å². The minimum absolute atomic E-state index is 0.400. The number of benzene rings is 2. The first-order chi connectivity index (χ1) is 10.2. The number of fused-ring (bicyclic) bond motifs is 1. The van der Waals surface area contributed by atoms with Crippen LogP contribution in [0.4, 0.5) is 11.4 Å². The van der Waals surface area contributed by atoms with Crippen LogP contribution in [0, 0.1) is 0 Å². The molecule has 0 aromatic heterocycles. The molecule has 2 aromatic carbocycles. The molecule has 0 spiro atoms. The van der Waals surface area contributed by atoms with Gasteiger partial charge in [-0.05, 0) is 48.2 Å². The highest BCUT2D eigenvalue weighted by molar-refractivity contribution is 5.93. The van der Waals surface area contributed by atoms with E-state index < -0.39 is 5.91 Å². The van der Waals surface area contributed by atoms with Gasteiger partial charge >= 0.3 is 0 Å². The third kappa shape index (κ3) is 2.99. The molecule has 21 heavy (non-hydrogen) atoms. The molecule has 0 bridgehead atoms. The van der Waals surface area contributed by atoms with Crippen molar-refractivity contribution in [2.75, 3.05) is 17.2 Å². The summed E-state index contributed by atoms with van der Waals surface area (Å²) < 4.78 is 0. The zero-order chi connectivity index (χ0) is 14.7. The van der Waals surface area contributed by atoms with Crippen LogP contribution < -0.4 is 16.4 Å². The van der Waals surface area contributed by atoms with Crippen molar-refractivity contribution >= 4 is 17.3 Å². The van der Waals surface area contributed by atoms with Crippen molar-refractivity contribution in [1.82, 2.24) is 0 Å². The van der Waals surface area contributed by atoms with Crippen LogP contribution in [0.15, 0.2) is 42.5 Å². The van der Waals surface area contributed by atoms with E-state index >= 15 is 0 Å². The van der Waals surface area contributed by atoms with Crippen molar-refractivity contribution in [2.45, 2.75) is 19.4 Å². The summed E-state index contributed by atoms with van der Waals surface area (Å²) in [5, 5.41) is 6.88. The summed E-state index contributed by atoms with van der Waals surface area (Å²) in [5.41, 5.74) is 10.7. The molecule has 0 radical (unpaired) electrons. The Morgan fingerprint density at radius 2 is 2.00 bits per heavy atom. The van der Waals surface area contributed by atoms with Crippen LogP contribution in [0.1, 0.15) is 27.9 Å². The number of anilines is 2. The number of carbonyl (C=O) groups is 1. The largest absolute Gasteiger partial charge is 0.385 e. The zero-order valence-corrected chi connectivity index (χ0v) is 11.9. The Bertz CT molecular complexity index is 650. The second-order valence-corrected chi connectivity index (χ2v) is 5.28. The molecular weight excluding hydrogens is 262 g/mol. The lowest BCUT2D eigenvalue weighted by molar-refractivity contribution is 0.100. The molecule has 0 atom stereocenters. The Morgan fingerprint density at radius 1 is 1.19 bits per heavy atom. The molecule has 0 aliphatic carbocycles. The maximum Gasteiger partial charge on any atom is 0.248 e. The standard InChI is InChI=1S/C17H19N3O/c18-17(21)13-6-8-15(9-7-13)20-11-14-4-1-3-12-5-2-10-19-16(12)14/h1,3-4,6-9,19-20H,2,5,10-11H2,(H2,18,21). The lowest BCUT2D eigenvalue weighted by atomic mass is 9.99. The number of para-hydroxylation sites is 1. The first-order valence-corrected chi connectivity index (χ1v) is 7.22. The van der Waals surface area contributed by atoms with Gasteiger partial charge in [-0.3, -0.25) is 4.79 Å². The third-order valence-corrected chi connectivity index (χ3v) is 3.81. The van der Waals surface area contributed by atoms with Gasteiger partial charge in [0.25, 0.3) is 0 Å². The lowest BCUT2D eigenvalue weighted by Crippen LogP contribution is -2.15. The van der Waals surface area contributed by atoms with E-state index in [0.29, 0.717) is 5.56 Å². The molecule has 3 rings (SSSR count). The normalized spacial score (nSPS) is 13.1. The summed E-state index contributed by atoms with van der Waals surface area (Å²) in [7, 11) is 0. The van der Waals surface area contributed by atoms with Gasteiger partial charge in [0, 0.05) is 30.0 Å². The van der Waals surface area contributed by atoms with Crippen molar-refractivity contribution in [2.24, 2.45) is 5.73 Å². The Labute approximate surface area is 124 Å². The highest BCUT2D eigenvalue weighted by Gasteiger charge is 2.11. The molecule has 1 amide bonds. The van der Waals surface area contributed by atoms with Crippen LogP contribution in [0.5, 0.6) is 0 Å². The molecule has 4 nitrogen and oxygen atoms in total. The SMILES string of the molecule is NC(=O)c1ccc(NCc2cccc3c2NCCC3)cc1. The molecule has 0 unspecified atom stereocenters. The van der Waals surface area contributed by atoms with Gasteiger partial charge in [0.05, 0.1) is 0 Å². The quantitative estimate of drug-likeness (QED) is 0.807. The first kappa shape index (κ1) is 13.5. The topological polar surface area (TPSA) is 67.2 Å². The number of carbonyl (C=O) groups excluding carboxylic acids is 1. The van der Waals surface area contributed by atoms with Crippen LogP contribution >= 0.6 is 0 Å². The van der Waals surface area contributed by atoms with Gasteiger partial charge in [0.15, 0.2) is 0 Å². The van der Waals surface area contributed by atoms with E-state index in [1.165, 1.54) is 23.2 Å². The van der Waals surface area contributed by atoms with Crippen molar-refractivity contribution in [3.05, 3.63) is 59.2 Å². The summed E-state index contributed by atoms with van der Waals surface area (Å²) in [6.45, 7) is 1.80. The highest BCUT2D eigenvalue weighted by Crippen LogP contribution is 2.26. The fourth-order valence-corrected chi connectivity index (χ4v) is 2.68. The predicted octanol–water partition coefficient (Wildman–Crippen LogP) is 2.76. The number of hydrogen-bond acceptors (Lipinski definition) is 3. The van der Waals surface area contributed by atoms with Crippen molar-refractivity contribution in [3.63, 3.8) is 0 Å². The molecule has 4 heteroatoms. The van der Waals surface area contributed by atoms with Crippen molar-refractivity contribution < 1.29 is 4.79 Å². The number of nitrogens with one attached hydrogen (secondary N) is 2. The fourth-order valence-electron chi connectivity index (χ4n) is 2.68. The van der Waals surface area contributed by atoms with E-state index in [-0.39, 0.29) is 0 Å². The molecule has 2 aromatic rings. The number of nitrogens with two attached hydrogens (primary N) is 1. The molecular formula is C17H19N3O. The summed E-state index contributed by atoms with van der Waals surface area (Å²) in [6, 6.07) is 13.7. The molecule has 108 valence electrons. The van der Waals surface area contributed by atoms with E-state index in [0.717, 1.165) is 25.2 Å². The van der Waals surface area contributed by atoms with Gasteiger partial charge in [-0.1, -0.05) is 18.2 Å². The molecule has 0 fully saturated rings. The molecule has 0 saturated carbocycles.